The molecule has 0 fully saturated rings. The smallest absolute Gasteiger partial charge is 0.500 e. The minimum Gasteiger partial charge on any atom is -1.00 e. The fourth-order valence-corrected chi connectivity index (χ4v) is 5.65. The van der Waals surface area contributed by atoms with Crippen molar-refractivity contribution >= 4 is 8.80 Å². The van der Waals surface area contributed by atoms with Crippen molar-refractivity contribution in [1.82, 2.24) is 0 Å². The first-order chi connectivity index (χ1) is 12.6. The van der Waals surface area contributed by atoms with Gasteiger partial charge in [0.15, 0.2) is 0 Å². The second-order valence-corrected chi connectivity index (χ2v) is 10.8. The van der Waals surface area contributed by atoms with Gasteiger partial charge in [-0.2, -0.15) is 0 Å². The first kappa shape index (κ1) is 30.0. The van der Waals surface area contributed by atoms with Gasteiger partial charge in [-0.15, -0.1) is 0 Å². The molecule has 0 aliphatic carbocycles. The Balaban J connectivity index is 0. The molecule has 0 N–H and O–H groups in total. The third-order valence-corrected chi connectivity index (χ3v) is 8.59. The fraction of sp³-hybridized carbons (Fsp3) is 1.00. The van der Waals surface area contributed by atoms with Gasteiger partial charge in [-0.1, -0.05) is 40.0 Å². The Morgan fingerprint density at radius 3 is 1.19 bits per heavy atom. The van der Waals surface area contributed by atoms with Crippen LogP contribution in [0.1, 0.15) is 85.0 Å². The maximum atomic E-state index is 5.63. The van der Waals surface area contributed by atoms with Gasteiger partial charge in [0.05, 0.1) is 26.2 Å². The van der Waals surface area contributed by atoms with Crippen LogP contribution in [0.5, 0.6) is 0 Å². The normalized spacial score (nSPS) is 12.2. The van der Waals surface area contributed by atoms with Crippen molar-refractivity contribution in [2.75, 3.05) is 47.5 Å². The molecule has 0 aliphatic heterocycles. The highest BCUT2D eigenvalue weighted by molar-refractivity contribution is 6.60. The minimum atomic E-state index is -2.44. The van der Waals surface area contributed by atoms with Crippen LogP contribution in [0.2, 0.25) is 6.04 Å². The second kappa shape index (κ2) is 18.8. The van der Waals surface area contributed by atoms with E-state index in [0.29, 0.717) is 0 Å². The van der Waals surface area contributed by atoms with E-state index in [1.165, 1.54) is 88.4 Å². The molecule has 0 aromatic rings. The third kappa shape index (κ3) is 12.9. The average molecular weight is 518 g/mol. The summed E-state index contributed by atoms with van der Waals surface area (Å²) >= 11 is 0. The van der Waals surface area contributed by atoms with Crippen molar-refractivity contribution in [2.45, 2.75) is 91.0 Å². The van der Waals surface area contributed by atoms with E-state index in [4.69, 9.17) is 13.3 Å². The predicted molar refractivity (Wildman–Crippen MR) is 115 cm³/mol. The molecule has 6 heteroatoms. The molecule has 166 valence electrons. The SMILES string of the molecule is CCCCC[N+](CCCCC)(CCCCC)CCC[Si](OC)(OC)OC.[I-]. The van der Waals surface area contributed by atoms with Crippen LogP contribution >= 0.6 is 0 Å². The van der Waals surface area contributed by atoms with Crippen LogP contribution in [0.3, 0.4) is 0 Å². The molecule has 0 saturated carbocycles. The van der Waals surface area contributed by atoms with Crippen molar-refractivity contribution in [3.8, 4) is 0 Å². The maximum Gasteiger partial charge on any atom is 0.500 e. The molecule has 0 spiro atoms. The van der Waals surface area contributed by atoms with E-state index in [0.717, 1.165) is 12.5 Å². The number of quaternary nitrogens is 1. The van der Waals surface area contributed by atoms with Crippen LogP contribution in [0.4, 0.5) is 0 Å². The second-order valence-electron chi connectivity index (χ2n) is 7.76. The molecule has 0 unspecified atom stereocenters. The summed E-state index contributed by atoms with van der Waals surface area (Å²) < 4.78 is 18.2. The monoisotopic (exact) mass is 517 g/mol. The first-order valence-electron chi connectivity index (χ1n) is 11.1. The highest BCUT2D eigenvalue weighted by atomic mass is 127. The van der Waals surface area contributed by atoms with Gasteiger partial charge in [-0.3, -0.25) is 0 Å². The maximum absolute atomic E-state index is 5.63. The molecule has 4 nitrogen and oxygen atoms in total. The number of nitrogens with zero attached hydrogens (tertiary/aromatic N) is 1. The summed E-state index contributed by atoms with van der Waals surface area (Å²) in [5, 5.41) is 0. The van der Waals surface area contributed by atoms with Crippen molar-refractivity contribution in [1.29, 1.82) is 0 Å². The molecule has 0 rings (SSSR count). The zero-order valence-electron chi connectivity index (χ0n) is 19.2. The lowest BCUT2D eigenvalue weighted by Crippen LogP contribution is -3.00. The van der Waals surface area contributed by atoms with Crippen molar-refractivity contribution < 1.29 is 41.7 Å². The molecule has 0 aliphatic rings. The lowest BCUT2D eigenvalue weighted by atomic mass is 10.1. The van der Waals surface area contributed by atoms with Crippen LogP contribution in [0.25, 0.3) is 0 Å². The zero-order valence-corrected chi connectivity index (χ0v) is 22.3. The van der Waals surface area contributed by atoms with Crippen molar-refractivity contribution in [2.24, 2.45) is 0 Å². The van der Waals surface area contributed by atoms with Crippen LogP contribution in [-0.4, -0.2) is 60.8 Å². The van der Waals surface area contributed by atoms with Gasteiger partial charge in [0.1, 0.15) is 0 Å². The van der Waals surface area contributed by atoms with E-state index in [2.05, 4.69) is 20.8 Å². The number of hydrogen-bond donors (Lipinski definition) is 0. The van der Waals surface area contributed by atoms with Crippen molar-refractivity contribution in [3.05, 3.63) is 0 Å². The Hall–Kier alpha value is 0.787. The Labute approximate surface area is 188 Å². The van der Waals surface area contributed by atoms with E-state index in [1.54, 1.807) is 21.3 Å². The number of hydrogen-bond acceptors (Lipinski definition) is 3. The molecule has 0 aromatic heterocycles. The molecule has 27 heavy (non-hydrogen) atoms. The molecule has 0 radical (unpaired) electrons. The van der Waals surface area contributed by atoms with Gasteiger partial charge in [-0.25, -0.2) is 0 Å². The molecule has 0 atom stereocenters. The van der Waals surface area contributed by atoms with Crippen molar-refractivity contribution in [3.63, 3.8) is 0 Å². The van der Waals surface area contributed by atoms with Gasteiger partial charge < -0.3 is 41.7 Å². The van der Waals surface area contributed by atoms with Crippen LogP contribution < -0.4 is 24.0 Å². The van der Waals surface area contributed by atoms with Crippen LogP contribution in [-0.2, 0) is 13.3 Å². The molecule has 0 saturated heterocycles. The Morgan fingerprint density at radius 1 is 0.556 bits per heavy atom. The standard InChI is InChI=1S/C21H48NO3Si.HI/c1-7-10-13-17-22(18-14-11-8-2,19-15-12-9-3)20-16-21-26(23-4,24-5)25-6;/h7-21H2,1-6H3;1H/q+1;/p-1. The summed E-state index contributed by atoms with van der Waals surface area (Å²) in [6, 6.07) is 0.922. The highest BCUT2D eigenvalue weighted by Gasteiger charge is 2.38. The molecule has 0 heterocycles. The molecular weight excluding hydrogens is 469 g/mol. The summed E-state index contributed by atoms with van der Waals surface area (Å²) in [6.45, 7) is 12.2. The molecule has 0 amide bonds. The van der Waals surface area contributed by atoms with Gasteiger partial charge in [0, 0.05) is 33.8 Å². The zero-order chi connectivity index (χ0) is 19.7. The Morgan fingerprint density at radius 2 is 0.889 bits per heavy atom. The molecule has 0 aromatic carbocycles. The van der Waals surface area contributed by atoms with Gasteiger partial charge in [0.25, 0.3) is 0 Å². The molecular formula is C21H48INO3Si. The third-order valence-electron chi connectivity index (χ3n) is 5.76. The van der Waals surface area contributed by atoms with E-state index in [-0.39, 0.29) is 24.0 Å². The van der Waals surface area contributed by atoms with Gasteiger partial charge >= 0.3 is 8.80 Å². The predicted octanol–water partition coefficient (Wildman–Crippen LogP) is 2.65. The van der Waals surface area contributed by atoms with Gasteiger partial charge in [0.2, 0.25) is 0 Å². The Kier molecular flexibility index (Phi) is 20.9. The first-order valence-corrected chi connectivity index (χ1v) is 13.0. The van der Waals surface area contributed by atoms with Crippen LogP contribution in [0, 0.1) is 0 Å². The summed E-state index contributed by atoms with van der Waals surface area (Å²) in [5.74, 6) is 0. The van der Waals surface area contributed by atoms with Crippen LogP contribution in [0.15, 0.2) is 0 Å². The number of halogens is 1. The van der Waals surface area contributed by atoms with E-state index < -0.39 is 8.80 Å². The minimum absolute atomic E-state index is 0. The molecule has 0 bridgehead atoms. The lowest BCUT2D eigenvalue weighted by molar-refractivity contribution is -0.929. The summed E-state index contributed by atoms with van der Waals surface area (Å²) in [5.41, 5.74) is 0. The highest BCUT2D eigenvalue weighted by Crippen LogP contribution is 2.21. The topological polar surface area (TPSA) is 27.7 Å². The van der Waals surface area contributed by atoms with Gasteiger partial charge in [-0.05, 0) is 38.5 Å². The number of rotatable bonds is 19. The quantitative estimate of drug-likeness (QED) is 0.114. The summed E-state index contributed by atoms with van der Waals surface area (Å²) in [6.07, 6.45) is 13.2. The fourth-order valence-electron chi connectivity index (χ4n) is 3.95. The Bertz CT molecular complexity index is 283. The van der Waals surface area contributed by atoms with E-state index >= 15 is 0 Å². The summed E-state index contributed by atoms with van der Waals surface area (Å²) in [4.78, 5) is 0. The number of unbranched alkanes of at least 4 members (excludes halogenated alkanes) is 6. The van der Waals surface area contributed by atoms with E-state index in [9.17, 15) is 0 Å². The average Bonchev–Trinajstić information content (AvgIpc) is 2.66. The lowest BCUT2D eigenvalue weighted by Gasteiger charge is -2.40. The van der Waals surface area contributed by atoms with E-state index in [1.807, 2.05) is 0 Å². The largest absolute Gasteiger partial charge is 1.00 e. The summed E-state index contributed by atoms with van der Waals surface area (Å²) in [7, 11) is 2.74.